The van der Waals surface area contributed by atoms with E-state index in [1.54, 1.807) is 0 Å². The molecule has 0 bridgehead atoms. The molecule has 0 rings (SSSR count). The van der Waals surface area contributed by atoms with Crippen molar-refractivity contribution in [2.24, 2.45) is 0 Å². The van der Waals surface area contributed by atoms with Crippen LogP contribution in [0.3, 0.4) is 0 Å². The second-order valence-corrected chi connectivity index (χ2v) is 2.79. The minimum absolute atomic E-state index is 0. The molecule has 0 aromatic rings. The van der Waals surface area contributed by atoms with Gasteiger partial charge in [-0.1, -0.05) is 0 Å². The van der Waals surface area contributed by atoms with E-state index in [1.165, 1.54) is 0 Å². The maximum atomic E-state index is 2.12. The Hall–Kier alpha value is -0.120. The van der Waals surface area contributed by atoms with Crippen molar-refractivity contribution in [2.75, 3.05) is 35.2 Å². The normalized spacial score (nSPS) is 11.2. The van der Waals surface area contributed by atoms with Gasteiger partial charge in [-0.05, 0) is 0 Å². The number of rotatable bonds is 1. The highest BCUT2D eigenvalue weighted by Crippen LogP contribution is 1.89. The molecule has 0 aromatic heterocycles. The summed E-state index contributed by atoms with van der Waals surface area (Å²) in [6.07, 6.45) is 0. The molecular weight excluding hydrogens is 102 g/mol. The maximum absolute atomic E-state index is 2.12. The standard InChI is InChI=1S/C5H15N2.H3N/c1-6(2)7(3,4)5;/h1-5H3;1H3/q+1;. The molecule has 0 heterocycles. The Morgan fingerprint density at radius 1 is 1.00 bits per heavy atom. The molecule has 3 nitrogen and oxygen atoms in total. The lowest BCUT2D eigenvalue weighted by atomic mass is 10.8. The Balaban J connectivity index is 0. The van der Waals surface area contributed by atoms with Crippen LogP contribution in [0.1, 0.15) is 0 Å². The molecule has 0 fully saturated rings. The van der Waals surface area contributed by atoms with Crippen LogP contribution in [0, 0.1) is 0 Å². The Kier molecular flexibility index (Phi) is 4.07. The molecule has 3 N–H and O–H groups in total. The zero-order valence-electron chi connectivity index (χ0n) is 6.60. The summed E-state index contributed by atoms with van der Waals surface area (Å²) in [7, 11) is 10.5. The number of quaternary nitrogens is 1. The highest BCUT2D eigenvalue weighted by Gasteiger charge is 2.07. The largest absolute Gasteiger partial charge is 0.344 e. The first-order valence-corrected chi connectivity index (χ1v) is 2.44. The number of hydrogen-bond acceptors (Lipinski definition) is 2. The van der Waals surface area contributed by atoms with Crippen molar-refractivity contribution >= 4 is 0 Å². The van der Waals surface area contributed by atoms with Gasteiger partial charge in [0.25, 0.3) is 0 Å². The highest BCUT2D eigenvalue weighted by molar-refractivity contribution is 4.06. The fraction of sp³-hybridized carbons (Fsp3) is 1.00. The smallest absolute Gasteiger partial charge is 0.0855 e. The first-order chi connectivity index (χ1) is 2.94. The van der Waals surface area contributed by atoms with Crippen molar-refractivity contribution in [3.8, 4) is 0 Å². The first kappa shape index (κ1) is 10.8. The van der Waals surface area contributed by atoms with Gasteiger partial charge < -0.3 is 6.15 Å². The van der Waals surface area contributed by atoms with E-state index in [0.29, 0.717) is 0 Å². The summed E-state index contributed by atoms with van der Waals surface area (Å²) in [5, 5.41) is 2.12. The monoisotopic (exact) mass is 120 g/mol. The van der Waals surface area contributed by atoms with Crippen LogP contribution in [-0.4, -0.2) is 44.8 Å². The Bertz CT molecular complexity index is 53.2. The van der Waals surface area contributed by atoms with Crippen LogP contribution < -0.4 is 6.15 Å². The molecular formula is C5H18N3+. The van der Waals surface area contributed by atoms with Crippen molar-refractivity contribution in [3.05, 3.63) is 0 Å². The van der Waals surface area contributed by atoms with E-state index in [4.69, 9.17) is 0 Å². The zero-order valence-corrected chi connectivity index (χ0v) is 6.60. The van der Waals surface area contributed by atoms with Gasteiger partial charge in [-0.25, -0.2) is 0 Å². The fourth-order valence-electron chi connectivity index (χ4n) is 0. The van der Waals surface area contributed by atoms with Crippen LogP contribution in [0.2, 0.25) is 0 Å². The third-order valence-electron chi connectivity index (χ3n) is 1.20. The summed E-state index contributed by atoms with van der Waals surface area (Å²) in [6.45, 7) is 0. The topological polar surface area (TPSA) is 38.2 Å². The summed E-state index contributed by atoms with van der Waals surface area (Å²) in [6, 6.07) is 0. The van der Waals surface area contributed by atoms with E-state index in [9.17, 15) is 0 Å². The average molecular weight is 120 g/mol. The van der Waals surface area contributed by atoms with Crippen molar-refractivity contribution in [1.29, 1.82) is 0 Å². The Morgan fingerprint density at radius 2 is 1.12 bits per heavy atom. The summed E-state index contributed by atoms with van der Waals surface area (Å²) < 4.78 is 0.889. The first-order valence-electron chi connectivity index (χ1n) is 2.44. The number of nitrogens with zero attached hydrogens (tertiary/aromatic N) is 2. The lowest BCUT2D eigenvalue weighted by Gasteiger charge is -2.29. The molecule has 0 unspecified atom stereocenters. The molecule has 3 heteroatoms. The molecule has 0 saturated carbocycles. The molecule has 0 amide bonds. The number of hydrogen-bond donors (Lipinski definition) is 1. The fourth-order valence-corrected chi connectivity index (χ4v) is 0. The van der Waals surface area contributed by atoms with Gasteiger partial charge in [-0.15, -0.1) is 0 Å². The van der Waals surface area contributed by atoms with Crippen LogP contribution in [0.5, 0.6) is 0 Å². The second-order valence-electron chi connectivity index (χ2n) is 2.79. The molecule has 0 spiro atoms. The van der Waals surface area contributed by atoms with Crippen LogP contribution in [0.4, 0.5) is 0 Å². The maximum Gasteiger partial charge on any atom is 0.0855 e. The van der Waals surface area contributed by atoms with Crippen molar-refractivity contribution in [3.63, 3.8) is 0 Å². The van der Waals surface area contributed by atoms with Gasteiger partial charge in [-0.2, -0.15) is 5.01 Å². The van der Waals surface area contributed by atoms with E-state index in [1.807, 2.05) is 0 Å². The van der Waals surface area contributed by atoms with Gasteiger partial charge >= 0.3 is 0 Å². The van der Waals surface area contributed by atoms with Crippen LogP contribution in [0.25, 0.3) is 0 Å². The Labute approximate surface area is 52.0 Å². The molecule has 0 aliphatic rings. The van der Waals surface area contributed by atoms with Gasteiger partial charge in [0, 0.05) is 14.1 Å². The van der Waals surface area contributed by atoms with Crippen molar-refractivity contribution in [1.82, 2.24) is 11.2 Å². The van der Waals surface area contributed by atoms with E-state index in [-0.39, 0.29) is 6.15 Å². The molecule has 0 radical (unpaired) electrons. The zero-order chi connectivity index (χ0) is 6.08. The minimum atomic E-state index is 0. The van der Waals surface area contributed by atoms with E-state index in [0.717, 1.165) is 4.59 Å². The third kappa shape index (κ3) is 4.05. The Morgan fingerprint density at radius 3 is 1.12 bits per heavy atom. The SMILES string of the molecule is CN(C)[N+](C)(C)C.N. The van der Waals surface area contributed by atoms with Gasteiger partial charge in [0.1, 0.15) is 0 Å². The second kappa shape index (κ2) is 3.02. The predicted molar refractivity (Wildman–Crippen MR) is 36.7 cm³/mol. The minimum Gasteiger partial charge on any atom is -0.344 e. The lowest BCUT2D eigenvalue weighted by molar-refractivity contribution is -0.980. The van der Waals surface area contributed by atoms with Gasteiger partial charge in [0.2, 0.25) is 0 Å². The van der Waals surface area contributed by atoms with Crippen molar-refractivity contribution in [2.45, 2.75) is 0 Å². The quantitative estimate of drug-likeness (QED) is 0.400. The third-order valence-corrected chi connectivity index (χ3v) is 1.20. The summed E-state index contributed by atoms with van der Waals surface area (Å²) in [5.74, 6) is 0. The molecule has 0 aliphatic carbocycles. The average Bonchev–Trinajstić information content (AvgIpc) is 1.31. The highest BCUT2D eigenvalue weighted by atomic mass is 15.7. The van der Waals surface area contributed by atoms with Gasteiger partial charge in [0.05, 0.1) is 21.1 Å². The van der Waals surface area contributed by atoms with E-state index in [2.05, 4.69) is 40.2 Å². The molecule has 52 valence electrons. The van der Waals surface area contributed by atoms with Gasteiger partial charge in [-0.3, -0.25) is 4.59 Å². The van der Waals surface area contributed by atoms with Crippen LogP contribution >= 0.6 is 0 Å². The van der Waals surface area contributed by atoms with Crippen molar-refractivity contribution < 1.29 is 4.59 Å². The summed E-state index contributed by atoms with van der Waals surface area (Å²) >= 11 is 0. The summed E-state index contributed by atoms with van der Waals surface area (Å²) in [4.78, 5) is 0. The van der Waals surface area contributed by atoms with E-state index < -0.39 is 0 Å². The van der Waals surface area contributed by atoms with Gasteiger partial charge in [0.15, 0.2) is 0 Å². The predicted octanol–water partition coefficient (Wildman–Crippen LogP) is 0.331. The molecule has 0 saturated heterocycles. The molecule has 0 aliphatic heterocycles. The van der Waals surface area contributed by atoms with Crippen LogP contribution in [0.15, 0.2) is 0 Å². The van der Waals surface area contributed by atoms with Crippen LogP contribution in [-0.2, 0) is 0 Å². The summed E-state index contributed by atoms with van der Waals surface area (Å²) in [5.41, 5.74) is 0. The molecule has 0 atom stereocenters. The lowest BCUT2D eigenvalue weighted by Crippen LogP contribution is -2.46. The molecule has 0 aromatic carbocycles. The molecule has 8 heavy (non-hydrogen) atoms. The van der Waals surface area contributed by atoms with E-state index >= 15 is 0 Å².